The summed E-state index contributed by atoms with van der Waals surface area (Å²) >= 11 is 7.49. The van der Waals surface area contributed by atoms with Crippen LogP contribution in [0.25, 0.3) is 5.03 Å². The van der Waals surface area contributed by atoms with E-state index < -0.39 is 5.97 Å². The zero-order valence-electron chi connectivity index (χ0n) is 12.1. The van der Waals surface area contributed by atoms with Crippen molar-refractivity contribution in [3.05, 3.63) is 20.9 Å². The van der Waals surface area contributed by atoms with Crippen molar-refractivity contribution in [2.45, 2.75) is 26.7 Å². The Kier molecular flexibility index (Phi) is 5.20. The Morgan fingerprint density at radius 1 is 1.50 bits per heavy atom. The predicted molar refractivity (Wildman–Crippen MR) is 86.0 cm³/mol. The zero-order chi connectivity index (χ0) is 16.3. The summed E-state index contributed by atoms with van der Waals surface area (Å²) in [5.41, 5.74) is 1.95. The topological polar surface area (TPSA) is 88.0 Å². The number of thiophene rings is 1. The molecule has 0 aliphatic heterocycles. The highest BCUT2D eigenvalue weighted by Crippen LogP contribution is 2.44. The van der Waals surface area contributed by atoms with Gasteiger partial charge in [-0.25, -0.2) is 4.79 Å². The zero-order valence-corrected chi connectivity index (χ0v) is 13.7. The number of oxime groups is 1. The van der Waals surface area contributed by atoms with E-state index in [9.17, 15) is 9.59 Å². The lowest BCUT2D eigenvalue weighted by molar-refractivity contribution is -0.114. The quantitative estimate of drug-likeness (QED) is 0.380. The molecule has 1 heterocycles. The minimum absolute atomic E-state index is 0.243. The molecule has 1 aromatic heterocycles. The minimum Gasteiger partial charge on any atom is -0.462 e. The minimum atomic E-state index is -0.493. The highest BCUT2D eigenvalue weighted by molar-refractivity contribution is 7.16. The largest absolute Gasteiger partial charge is 0.462 e. The second-order valence-corrected chi connectivity index (χ2v) is 6.00. The molecule has 2 rings (SSSR count). The predicted octanol–water partition coefficient (Wildman–Crippen LogP) is 3.24. The number of ether oxygens (including phenoxy) is 1. The van der Waals surface area contributed by atoms with Crippen LogP contribution in [0.1, 0.15) is 40.4 Å². The van der Waals surface area contributed by atoms with Crippen LogP contribution in [0.5, 0.6) is 0 Å². The number of hydrogen-bond donors (Lipinski definition) is 2. The summed E-state index contributed by atoms with van der Waals surface area (Å²) < 4.78 is 5.03. The third kappa shape index (κ3) is 3.15. The van der Waals surface area contributed by atoms with Crippen molar-refractivity contribution < 1.29 is 19.5 Å². The number of carbonyl (C=O) groups excluding carboxylic acids is 2. The first-order chi connectivity index (χ1) is 10.5. The number of anilines is 1. The van der Waals surface area contributed by atoms with Crippen molar-refractivity contribution >= 4 is 51.7 Å². The molecule has 1 aromatic rings. The molecule has 0 bridgehead atoms. The molecule has 0 unspecified atom stereocenters. The van der Waals surface area contributed by atoms with Crippen molar-refractivity contribution in [1.29, 1.82) is 0 Å². The number of carbonyl (C=O) groups is 2. The fourth-order valence-electron chi connectivity index (χ4n) is 2.24. The molecule has 0 fully saturated rings. The van der Waals surface area contributed by atoms with Crippen LogP contribution in [0.15, 0.2) is 10.7 Å². The van der Waals surface area contributed by atoms with Gasteiger partial charge < -0.3 is 15.3 Å². The number of allylic oxidation sites excluding steroid dienone is 1. The summed E-state index contributed by atoms with van der Waals surface area (Å²) in [7, 11) is 0. The van der Waals surface area contributed by atoms with E-state index in [4.69, 9.17) is 21.5 Å². The average Bonchev–Trinajstić information content (AvgIpc) is 2.81. The highest BCUT2D eigenvalue weighted by Gasteiger charge is 2.29. The molecule has 8 heteroatoms. The lowest BCUT2D eigenvalue weighted by Gasteiger charge is -2.15. The van der Waals surface area contributed by atoms with Crippen LogP contribution >= 0.6 is 22.9 Å². The number of nitrogens with one attached hydrogen (secondary N) is 1. The molecule has 0 atom stereocenters. The van der Waals surface area contributed by atoms with Gasteiger partial charge in [0.1, 0.15) is 4.88 Å². The van der Waals surface area contributed by atoms with Gasteiger partial charge in [-0.2, -0.15) is 0 Å². The molecule has 118 valence electrons. The van der Waals surface area contributed by atoms with Crippen LogP contribution in [0.2, 0.25) is 0 Å². The van der Waals surface area contributed by atoms with Crippen LogP contribution in [0, 0.1) is 0 Å². The van der Waals surface area contributed by atoms with Crippen LogP contribution in [-0.4, -0.2) is 29.9 Å². The van der Waals surface area contributed by atoms with Gasteiger partial charge in [-0.3, -0.25) is 4.79 Å². The van der Waals surface area contributed by atoms with Gasteiger partial charge in [-0.1, -0.05) is 16.8 Å². The monoisotopic (exact) mass is 342 g/mol. The Hall–Kier alpha value is -1.86. The van der Waals surface area contributed by atoms with Crippen molar-refractivity contribution in [3.8, 4) is 0 Å². The molecular weight excluding hydrogens is 328 g/mol. The first-order valence-corrected chi connectivity index (χ1v) is 7.85. The van der Waals surface area contributed by atoms with Crippen molar-refractivity contribution in [2.75, 3.05) is 11.9 Å². The van der Waals surface area contributed by atoms with Crippen molar-refractivity contribution in [2.24, 2.45) is 5.16 Å². The van der Waals surface area contributed by atoms with E-state index in [0.717, 1.165) is 5.56 Å². The smallest absolute Gasteiger partial charge is 0.350 e. The van der Waals surface area contributed by atoms with E-state index in [0.29, 0.717) is 38.9 Å². The molecular formula is C14H15ClN2O4S. The maximum absolute atomic E-state index is 12.1. The molecule has 1 aliphatic rings. The second-order valence-electron chi connectivity index (χ2n) is 4.60. The number of fused-ring (bicyclic) bond motifs is 1. The summed E-state index contributed by atoms with van der Waals surface area (Å²) in [5, 5.41) is 14.8. The first-order valence-electron chi connectivity index (χ1n) is 6.66. The summed E-state index contributed by atoms with van der Waals surface area (Å²) in [6, 6.07) is 0. The molecule has 6 nitrogen and oxygen atoms in total. The van der Waals surface area contributed by atoms with E-state index in [1.807, 2.05) is 0 Å². The van der Waals surface area contributed by atoms with Gasteiger partial charge in [0.05, 0.1) is 28.4 Å². The Morgan fingerprint density at radius 2 is 2.23 bits per heavy atom. The average molecular weight is 343 g/mol. The molecule has 0 aromatic carbocycles. The molecule has 0 saturated heterocycles. The summed E-state index contributed by atoms with van der Waals surface area (Å²) in [5.74, 6) is -0.763. The Bertz CT molecular complexity index is 679. The highest BCUT2D eigenvalue weighted by atomic mass is 35.5. The van der Waals surface area contributed by atoms with Crippen LogP contribution < -0.4 is 5.32 Å². The lowest BCUT2D eigenvalue weighted by Crippen LogP contribution is -2.13. The molecule has 0 radical (unpaired) electrons. The number of nitrogens with zero attached hydrogens (tertiary/aromatic N) is 1. The summed E-state index contributed by atoms with van der Waals surface area (Å²) in [4.78, 5) is 24.5. The summed E-state index contributed by atoms with van der Waals surface area (Å²) in [6.45, 7) is 3.34. The fraction of sp³-hybridized carbons (Fsp3) is 0.357. The van der Waals surface area contributed by atoms with E-state index in [1.54, 1.807) is 6.92 Å². The van der Waals surface area contributed by atoms with Gasteiger partial charge in [0.15, 0.2) is 0 Å². The normalized spacial score (nSPS) is 14.1. The Morgan fingerprint density at radius 3 is 2.82 bits per heavy atom. The SMILES string of the molecule is CCOC(=O)c1sc2c(c1NC(C)=O)CCC(/C=N/O)=C2Cl. The number of hydrogen-bond acceptors (Lipinski definition) is 6. The summed E-state index contributed by atoms with van der Waals surface area (Å²) in [6.07, 6.45) is 2.42. The maximum atomic E-state index is 12.1. The number of halogens is 1. The van der Waals surface area contributed by atoms with E-state index in [1.165, 1.54) is 24.5 Å². The van der Waals surface area contributed by atoms with E-state index in [2.05, 4.69) is 10.5 Å². The van der Waals surface area contributed by atoms with Gasteiger partial charge in [-0.15, -0.1) is 11.3 Å². The number of esters is 1. The second kappa shape index (κ2) is 6.93. The number of rotatable bonds is 4. The van der Waals surface area contributed by atoms with Crippen molar-refractivity contribution in [3.63, 3.8) is 0 Å². The standard InChI is InChI=1S/C14H15ClN2O4S/c1-3-21-14(19)13-11(17-7(2)18)9-5-4-8(6-16-20)10(15)12(9)22-13/h6,20H,3-5H2,1-2H3,(H,17,18)/b16-6+. The first kappa shape index (κ1) is 16.5. The van der Waals surface area contributed by atoms with E-state index in [-0.39, 0.29) is 12.5 Å². The third-order valence-corrected chi connectivity index (χ3v) is 4.88. The van der Waals surface area contributed by atoms with Gasteiger partial charge in [0.25, 0.3) is 0 Å². The van der Waals surface area contributed by atoms with Gasteiger partial charge in [-0.05, 0) is 30.9 Å². The van der Waals surface area contributed by atoms with Crippen LogP contribution in [-0.2, 0) is 16.0 Å². The van der Waals surface area contributed by atoms with Gasteiger partial charge in [0.2, 0.25) is 5.91 Å². The molecule has 0 spiro atoms. The lowest BCUT2D eigenvalue weighted by atomic mass is 9.97. The molecule has 1 aliphatic carbocycles. The van der Waals surface area contributed by atoms with Crippen LogP contribution in [0.3, 0.4) is 0 Å². The van der Waals surface area contributed by atoms with Crippen LogP contribution in [0.4, 0.5) is 5.69 Å². The molecule has 0 saturated carbocycles. The van der Waals surface area contributed by atoms with Gasteiger partial charge >= 0.3 is 5.97 Å². The third-order valence-electron chi connectivity index (χ3n) is 3.11. The Balaban J connectivity index is 2.56. The maximum Gasteiger partial charge on any atom is 0.350 e. The fourth-order valence-corrected chi connectivity index (χ4v) is 3.78. The molecule has 1 amide bonds. The van der Waals surface area contributed by atoms with Crippen molar-refractivity contribution in [1.82, 2.24) is 0 Å². The number of amides is 1. The van der Waals surface area contributed by atoms with E-state index >= 15 is 0 Å². The molecule has 2 N–H and O–H groups in total. The van der Waals surface area contributed by atoms with Gasteiger partial charge in [0, 0.05) is 6.92 Å². The molecule has 22 heavy (non-hydrogen) atoms. The Labute approximate surface area is 136 Å².